The van der Waals surface area contributed by atoms with Crippen molar-refractivity contribution in [1.29, 1.82) is 0 Å². The molecule has 1 aliphatic heterocycles. The van der Waals surface area contributed by atoms with Crippen LogP contribution in [0.5, 0.6) is 0 Å². The quantitative estimate of drug-likeness (QED) is 0.369. The van der Waals surface area contributed by atoms with E-state index in [-0.39, 0.29) is 18.4 Å². The van der Waals surface area contributed by atoms with Crippen molar-refractivity contribution in [2.45, 2.75) is 84.3 Å². The minimum absolute atomic E-state index is 0.122. The molecule has 1 amide bonds. The van der Waals surface area contributed by atoms with Crippen molar-refractivity contribution in [3.63, 3.8) is 0 Å². The van der Waals surface area contributed by atoms with Crippen LogP contribution in [0.15, 0.2) is 29.3 Å². The molecule has 1 aromatic carbocycles. The van der Waals surface area contributed by atoms with Gasteiger partial charge in [-0.15, -0.1) is 0 Å². The molecule has 0 aromatic heterocycles. The van der Waals surface area contributed by atoms with Gasteiger partial charge >= 0.3 is 12.1 Å². The van der Waals surface area contributed by atoms with E-state index in [4.69, 9.17) is 4.74 Å². The third-order valence-corrected chi connectivity index (χ3v) is 7.37. The molecule has 2 unspecified atom stereocenters. The molecule has 1 heterocycles. The van der Waals surface area contributed by atoms with Gasteiger partial charge in [-0.05, 0) is 95.8 Å². The number of aliphatic imine (C=N–C) groups is 1. The van der Waals surface area contributed by atoms with Gasteiger partial charge in [0, 0.05) is 6.04 Å². The number of likely N-dealkylation sites (tertiary alicyclic amines) is 1. The maximum atomic E-state index is 13.2. The highest BCUT2D eigenvalue weighted by Gasteiger charge is 2.47. The number of halogens is 1. The monoisotopic (exact) mass is 523 g/mol. The summed E-state index contributed by atoms with van der Waals surface area (Å²) in [6.45, 7) is 11.3. The van der Waals surface area contributed by atoms with Crippen LogP contribution in [-0.4, -0.2) is 64.8 Å². The van der Waals surface area contributed by atoms with Gasteiger partial charge in [0.05, 0.1) is 12.0 Å². The number of carbonyl (C=O) groups is 2. The van der Waals surface area contributed by atoms with E-state index < -0.39 is 23.1 Å². The van der Waals surface area contributed by atoms with Crippen molar-refractivity contribution >= 4 is 29.0 Å². The third-order valence-electron chi connectivity index (χ3n) is 6.75. The number of nitrogens with one attached hydrogen (secondary N) is 1. The number of alkyl carbamates (subject to hydrolysis) is 1. The molecule has 36 heavy (non-hydrogen) atoms. The molecule has 0 radical (unpaired) electrons. The number of amidine groups is 1. The van der Waals surface area contributed by atoms with Crippen LogP contribution in [0.4, 0.5) is 9.18 Å². The lowest BCUT2D eigenvalue weighted by atomic mass is 9.85. The third kappa shape index (κ3) is 8.47. The van der Waals surface area contributed by atoms with E-state index in [1.54, 1.807) is 27.0 Å². The summed E-state index contributed by atoms with van der Waals surface area (Å²) < 4.78 is 18.5. The number of hydrogen-bond acceptors (Lipinski definition) is 6. The largest absolute Gasteiger partial charge is 0.481 e. The van der Waals surface area contributed by atoms with Gasteiger partial charge < -0.3 is 14.7 Å². The highest BCUT2D eigenvalue weighted by atomic mass is 32.2. The van der Waals surface area contributed by atoms with Gasteiger partial charge in [-0.2, -0.15) is 0 Å². The molecule has 1 aromatic rings. The number of carboxylic acid groups (broad SMARTS) is 1. The molecule has 2 fully saturated rings. The molecule has 1 saturated heterocycles. The number of carbonyl (C=O) groups excluding carboxylic acids is 1. The second-order valence-electron chi connectivity index (χ2n) is 10.3. The Morgan fingerprint density at radius 2 is 1.81 bits per heavy atom. The number of ether oxygens (including phenoxy) is 1. The van der Waals surface area contributed by atoms with E-state index in [1.807, 2.05) is 26.0 Å². The zero-order valence-corrected chi connectivity index (χ0v) is 23.3. The normalized spacial score (nSPS) is 23.5. The Morgan fingerprint density at radius 1 is 1.19 bits per heavy atom. The average molecular weight is 524 g/mol. The molecule has 0 bridgehead atoms. The summed E-state index contributed by atoms with van der Waals surface area (Å²) in [6, 6.07) is 6.97. The number of nitrogens with zero attached hydrogens (tertiary/aromatic N) is 2. The lowest BCUT2D eigenvalue weighted by Crippen LogP contribution is -2.42. The first-order valence-corrected chi connectivity index (χ1v) is 14.1. The fourth-order valence-electron chi connectivity index (χ4n) is 4.92. The maximum Gasteiger partial charge on any atom is 0.413 e. The lowest BCUT2D eigenvalue weighted by molar-refractivity contribution is -0.148. The van der Waals surface area contributed by atoms with Crippen LogP contribution in [-0.2, 0) is 9.53 Å². The zero-order chi connectivity index (χ0) is 26.9. The van der Waals surface area contributed by atoms with E-state index >= 15 is 0 Å². The first-order valence-electron chi connectivity index (χ1n) is 12.8. The molecule has 1 saturated carbocycles. The summed E-state index contributed by atoms with van der Waals surface area (Å²) in [5.74, 6) is -0.640. The first-order chi connectivity index (χ1) is 17.0. The summed E-state index contributed by atoms with van der Waals surface area (Å²) in [5, 5.41) is 13.1. The Balaban J connectivity index is 0.00000222. The van der Waals surface area contributed by atoms with Crippen LogP contribution >= 0.6 is 11.8 Å². The minimum Gasteiger partial charge on any atom is -0.481 e. The SMILES string of the molecule is CC.CSC(=NCC1(C(=O)O)CCC(N2CCC(c3ccc(F)cc3)CC2)C1)NC(=O)OC(C)(C)C. The highest BCUT2D eigenvalue weighted by molar-refractivity contribution is 8.13. The molecule has 0 spiro atoms. The number of carboxylic acids is 1. The van der Waals surface area contributed by atoms with E-state index in [9.17, 15) is 19.1 Å². The van der Waals surface area contributed by atoms with Crippen molar-refractivity contribution in [2.75, 3.05) is 25.9 Å². The molecule has 2 atom stereocenters. The van der Waals surface area contributed by atoms with Gasteiger partial charge in [0.25, 0.3) is 0 Å². The molecule has 3 rings (SSSR count). The van der Waals surface area contributed by atoms with Gasteiger partial charge in [0.15, 0.2) is 5.17 Å². The Hall–Kier alpha value is -2.13. The van der Waals surface area contributed by atoms with E-state index in [0.717, 1.165) is 32.4 Å². The molecule has 1 aliphatic carbocycles. The molecule has 2 aliphatic rings. The van der Waals surface area contributed by atoms with Crippen molar-refractivity contribution in [1.82, 2.24) is 10.2 Å². The maximum absolute atomic E-state index is 13.2. The van der Waals surface area contributed by atoms with Crippen LogP contribution in [0.1, 0.15) is 78.2 Å². The number of hydrogen-bond donors (Lipinski definition) is 2. The first kappa shape index (κ1) is 30.1. The summed E-state index contributed by atoms with van der Waals surface area (Å²) in [4.78, 5) is 31.2. The summed E-state index contributed by atoms with van der Waals surface area (Å²) in [7, 11) is 0. The van der Waals surface area contributed by atoms with E-state index in [1.165, 1.54) is 29.5 Å². The van der Waals surface area contributed by atoms with Crippen LogP contribution in [0.3, 0.4) is 0 Å². The molecule has 202 valence electrons. The number of piperidine rings is 1. The fourth-order valence-corrected chi connectivity index (χ4v) is 5.30. The van der Waals surface area contributed by atoms with Crippen LogP contribution in [0, 0.1) is 11.2 Å². The standard InChI is InChI=1S/C25H36FN3O4S.C2H6/c1-24(2,3)33-23(32)28-22(34-4)27-16-25(21(30)31)12-9-20(15-25)29-13-10-18(11-14-29)17-5-7-19(26)8-6-17;1-2/h5-8,18,20H,9-16H2,1-4H3,(H,30,31)(H,27,28,32);1-2H3. The number of aliphatic carboxylic acids is 1. The Kier molecular flexibility index (Phi) is 11.2. The van der Waals surface area contributed by atoms with Crippen molar-refractivity contribution in [3.05, 3.63) is 35.6 Å². The van der Waals surface area contributed by atoms with Crippen LogP contribution < -0.4 is 5.32 Å². The van der Waals surface area contributed by atoms with E-state index in [0.29, 0.717) is 23.9 Å². The van der Waals surface area contributed by atoms with Gasteiger partial charge in [-0.3, -0.25) is 15.1 Å². The van der Waals surface area contributed by atoms with Crippen molar-refractivity contribution in [3.8, 4) is 0 Å². The zero-order valence-electron chi connectivity index (χ0n) is 22.5. The van der Waals surface area contributed by atoms with Gasteiger partial charge in [0.1, 0.15) is 11.4 Å². The van der Waals surface area contributed by atoms with Gasteiger partial charge in [0.2, 0.25) is 0 Å². The summed E-state index contributed by atoms with van der Waals surface area (Å²) in [6.07, 6.45) is 5.07. The minimum atomic E-state index is -0.935. The second kappa shape index (κ2) is 13.4. The van der Waals surface area contributed by atoms with Gasteiger partial charge in [-0.1, -0.05) is 37.7 Å². The Labute approximate surface area is 219 Å². The Bertz CT molecular complexity index is 895. The van der Waals surface area contributed by atoms with E-state index in [2.05, 4.69) is 15.2 Å². The number of rotatable bonds is 5. The smallest absolute Gasteiger partial charge is 0.413 e. The number of thioether (sulfide) groups is 1. The molecular weight excluding hydrogens is 481 g/mol. The predicted octanol–water partition coefficient (Wildman–Crippen LogP) is 5.90. The summed E-state index contributed by atoms with van der Waals surface area (Å²) in [5.41, 5.74) is -0.392. The van der Waals surface area contributed by atoms with Crippen LogP contribution in [0.2, 0.25) is 0 Å². The van der Waals surface area contributed by atoms with Gasteiger partial charge in [-0.25, -0.2) is 9.18 Å². The van der Waals surface area contributed by atoms with Crippen LogP contribution in [0.25, 0.3) is 0 Å². The second-order valence-corrected chi connectivity index (χ2v) is 11.1. The number of amides is 1. The fraction of sp³-hybridized carbons (Fsp3) is 0.667. The molecule has 2 N–H and O–H groups in total. The number of benzene rings is 1. The van der Waals surface area contributed by atoms with Crippen molar-refractivity contribution in [2.24, 2.45) is 10.4 Å². The molecular formula is C27H42FN3O4S. The average Bonchev–Trinajstić information content (AvgIpc) is 3.28. The predicted molar refractivity (Wildman–Crippen MR) is 144 cm³/mol. The lowest BCUT2D eigenvalue weighted by Gasteiger charge is -2.37. The van der Waals surface area contributed by atoms with Crippen molar-refractivity contribution < 1.29 is 23.8 Å². The highest BCUT2D eigenvalue weighted by Crippen LogP contribution is 2.43. The summed E-state index contributed by atoms with van der Waals surface area (Å²) >= 11 is 1.26. The topological polar surface area (TPSA) is 91.2 Å². The molecule has 7 nitrogen and oxygen atoms in total. The Morgan fingerprint density at radius 3 is 2.33 bits per heavy atom. The molecule has 9 heteroatoms.